The molecule has 0 bridgehead atoms. The van der Waals surface area contributed by atoms with Gasteiger partial charge in [0.2, 0.25) is 0 Å². The van der Waals surface area contributed by atoms with Gasteiger partial charge < -0.3 is 9.64 Å². The monoisotopic (exact) mass is 280 g/mol. The highest BCUT2D eigenvalue weighted by Crippen LogP contribution is 2.18. The molecule has 19 heavy (non-hydrogen) atoms. The Bertz CT molecular complexity index is 316. The Morgan fingerprint density at radius 1 is 1.16 bits per heavy atom. The van der Waals surface area contributed by atoms with Crippen LogP contribution in [0.2, 0.25) is 0 Å². The van der Waals surface area contributed by atoms with Crippen LogP contribution in [0, 0.1) is 11.8 Å². The number of ether oxygens (including phenoxy) is 1. The summed E-state index contributed by atoms with van der Waals surface area (Å²) in [6.45, 7) is 6.52. The van der Waals surface area contributed by atoms with Gasteiger partial charge >= 0.3 is 0 Å². The van der Waals surface area contributed by atoms with Crippen LogP contribution in [0.25, 0.3) is 0 Å². The number of nitriles is 1. The Morgan fingerprint density at radius 3 is 2.47 bits per heavy atom. The summed E-state index contributed by atoms with van der Waals surface area (Å²) in [6, 6.07) is 10.6. The van der Waals surface area contributed by atoms with E-state index in [4.69, 9.17) is 10.00 Å². The molecule has 0 spiro atoms. The van der Waals surface area contributed by atoms with E-state index in [1.807, 2.05) is 11.8 Å². The third-order valence-electron chi connectivity index (χ3n) is 2.62. The number of hydrogen-bond donors (Lipinski definition) is 0. The lowest BCUT2D eigenvalue weighted by atomic mass is 10.3. The highest BCUT2D eigenvalue weighted by Gasteiger charge is 1.98. The largest absolute Gasteiger partial charge is 0.383 e. The second-order valence-corrected chi connectivity index (χ2v) is 5.33. The molecule has 0 radical (unpaired) electrons. The summed E-state index contributed by atoms with van der Waals surface area (Å²) in [5.41, 5.74) is 0. The first-order chi connectivity index (χ1) is 9.33. The quantitative estimate of drug-likeness (QED) is 0.514. The molecule has 0 atom stereocenters. The molecule has 0 saturated heterocycles. The Balaban J connectivity index is 0.00000154. The summed E-state index contributed by atoms with van der Waals surface area (Å²) in [5, 5.41) is 6.50. The van der Waals surface area contributed by atoms with Crippen LogP contribution in [0.5, 0.6) is 0 Å². The minimum atomic E-state index is 0.829. The van der Waals surface area contributed by atoms with E-state index in [2.05, 4.69) is 48.9 Å². The molecule has 0 aromatic heterocycles. The lowest BCUT2D eigenvalue weighted by Gasteiger charge is -2.15. The van der Waals surface area contributed by atoms with Crippen LogP contribution in [0.3, 0.4) is 0 Å². The van der Waals surface area contributed by atoms with Crippen molar-refractivity contribution in [1.82, 2.24) is 4.90 Å². The van der Waals surface area contributed by atoms with Gasteiger partial charge in [-0.1, -0.05) is 18.2 Å². The van der Waals surface area contributed by atoms with E-state index in [1.54, 1.807) is 7.11 Å². The SMILES string of the molecule is C#N.COCCN(C)CCCCSc1ccccc1. The minimum absolute atomic E-state index is 0.829. The van der Waals surface area contributed by atoms with Gasteiger partial charge in [0.25, 0.3) is 0 Å². The van der Waals surface area contributed by atoms with Crippen LogP contribution < -0.4 is 0 Å². The van der Waals surface area contributed by atoms with Crippen molar-refractivity contribution in [1.29, 1.82) is 5.26 Å². The normalized spacial score (nSPS) is 9.95. The lowest BCUT2D eigenvalue weighted by molar-refractivity contribution is 0.160. The maximum Gasteiger partial charge on any atom is 0.0589 e. The highest BCUT2D eigenvalue weighted by molar-refractivity contribution is 7.99. The number of likely N-dealkylation sites (N-methyl/N-ethyl adjacent to an activating group) is 1. The Morgan fingerprint density at radius 2 is 1.84 bits per heavy atom. The van der Waals surface area contributed by atoms with Gasteiger partial charge in [-0.3, -0.25) is 0 Å². The fourth-order valence-corrected chi connectivity index (χ4v) is 2.48. The van der Waals surface area contributed by atoms with Gasteiger partial charge in [-0.05, 0) is 44.3 Å². The van der Waals surface area contributed by atoms with Crippen molar-refractivity contribution in [2.24, 2.45) is 0 Å². The molecule has 4 heteroatoms. The lowest BCUT2D eigenvalue weighted by Crippen LogP contribution is -2.23. The van der Waals surface area contributed by atoms with Crippen molar-refractivity contribution >= 4 is 11.8 Å². The molecule has 3 nitrogen and oxygen atoms in total. The first-order valence-corrected chi connectivity index (χ1v) is 7.42. The molecule has 0 aliphatic rings. The average molecular weight is 280 g/mol. The van der Waals surface area contributed by atoms with E-state index in [1.165, 1.54) is 30.0 Å². The third-order valence-corrected chi connectivity index (χ3v) is 3.72. The van der Waals surface area contributed by atoms with Crippen molar-refractivity contribution in [3.05, 3.63) is 30.3 Å². The van der Waals surface area contributed by atoms with Crippen molar-refractivity contribution in [2.75, 3.05) is 39.6 Å². The van der Waals surface area contributed by atoms with Gasteiger partial charge in [-0.25, -0.2) is 5.26 Å². The summed E-state index contributed by atoms with van der Waals surface area (Å²) in [5.74, 6) is 1.21. The number of nitrogens with zero attached hydrogens (tertiary/aromatic N) is 2. The standard InChI is InChI=1S/C14H23NOS.CHN/c1-15(11-12-16-2)10-6-7-13-17-14-8-4-3-5-9-14;1-2/h3-5,8-9H,6-7,10-13H2,1-2H3;1H. The van der Waals surface area contributed by atoms with Gasteiger partial charge in [-0.2, -0.15) is 0 Å². The topological polar surface area (TPSA) is 36.3 Å². The van der Waals surface area contributed by atoms with Crippen molar-refractivity contribution in [3.63, 3.8) is 0 Å². The van der Waals surface area contributed by atoms with Crippen LogP contribution in [0.4, 0.5) is 0 Å². The summed E-state index contributed by atoms with van der Waals surface area (Å²) < 4.78 is 5.05. The van der Waals surface area contributed by atoms with Gasteiger partial charge in [-0.15, -0.1) is 11.8 Å². The highest BCUT2D eigenvalue weighted by atomic mass is 32.2. The Kier molecular flexibility index (Phi) is 12.7. The third kappa shape index (κ3) is 10.6. The number of hydrogen-bond acceptors (Lipinski definition) is 4. The molecule has 0 aliphatic heterocycles. The summed E-state index contributed by atoms with van der Waals surface area (Å²) in [7, 11) is 3.91. The molecule has 0 amide bonds. The Hall–Kier alpha value is -1.02. The smallest absolute Gasteiger partial charge is 0.0589 e. The zero-order valence-corrected chi connectivity index (χ0v) is 12.7. The molecule has 0 heterocycles. The fourth-order valence-electron chi connectivity index (χ4n) is 1.55. The number of benzene rings is 1. The van der Waals surface area contributed by atoms with Crippen molar-refractivity contribution in [2.45, 2.75) is 17.7 Å². The molecule has 1 rings (SSSR count). The van der Waals surface area contributed by atoms with Crippen LogP contribution in [0.15, 0.2) is 35.2 Å². The number of unbranched alkanes of at least 4 members (excludes halogenated alkanes) is 1. The van der Waals surface area contributed by atoms with E-state index in [9.17, 15) is 0 Å². The van der Waals surface area contributed by atoms with Crippen LogP contribution in [-0.2, 0) is 4.74 Å². The fraction of sp³-hybridized carbons (Fsp3) is 0.533. The number of rotatable bonds is 9. The van der Waals surface area contributed by atoms with E-state index in [0.29, 0.717) is 0 Å². The van der Waals surface area contributed by atoms with Gasteiger partial charge in [0.15, 0.2) is 0 Å². The second-order valence-electron chi connectivity index (χ2n) is 4.16. The van der Waals surface area contributed by atoms with Crippen molar-refractivity contribution < 1.29 is 4.74 Å². The molecule has 0 aliphatic carbocycles. The molecule has 0 fully saturated rings. The van der Waals surface area contributed by atoms with Crippen LogP contribution in [-0.4, -0.2) is 44.5 Å². The first-order valence-electron chi connectivity index (χ1n) is 6.44. The molecule has 0 N–H and O–H groups in total. The molecule has 1 aromatic rings. The summed E-state index contributed by atoms with van der Waals surface area (Å²) in [6.07, 6.45) is 2.54. The predicted octanol–water partition coefficient (Wildman–Crippen LogP) is 3.28. The predicted molar refractivity (Wildman–Crippen MR) is 82.4 cm³/mol. The van der Waals surface area contributed by atoms with E-state index < -0.39 is 0 Å². The van der Waals surface area contributed by atoms with E-state index >= 15 is 0 Å². The molecule has 1 aromatic carbocycles. The second kappa shape index (κ2) is 13.4. The molecular formula is C15H24N2OS. The molecule has 0 unspecified atom stereocenters. The number of thioether (sulfide) groups is 1. The Labute approximate surface area is 121 Å². The van der Waals surface area contributed by atoms with E-state index in [0.717, 1.165) is 13.2 Å². The number of methoxy groups -OCH3 is 1. The maximum atomic E-state index is 6.50. The molecule has 106 valence electrons. The van der Waals surface area contributed by atoms with Crippen LogP contribution in [0.1, 0.15) is 12.8 Å². The van der Waals surface area contributed by atoms with E-state index in [-0.39, 0.29) is 0 Å². The first kappa shape index (κ1) is 18.0. The average Bonchev–Trinajstić information content (AvgIpc) is 2.48. The zero-order chi connectivity index (χ0) is 14.3. The minimum Gasteiger partial charge on any atom is -0.383 e. The molecule has 0 saturated carbocycles. The van der Waals surface area contributed by atoms with Gasteiger partial charge in [0.1, 0.15) is 0 Å². The maximum absolute atomic E-state index is 6.50. The molecular weight excluding hydrogens is 256 g/mol. The van der Waals surface area contributed by atoms with Crippen LogP contribution >= 0.6 is 11.8 Å². The van der Waals surface area contributed by atoms with Crippen molar-refractivity contribution in [3.8, 4) is 6.57 Å². The summed E-state index contributed by atoms with van der Waals surface area (Å²) in [4.78, 5) is 3.71. The summed E-state index contributed by atoms with van der Waals surface area (Å²) >= 11 is 1.95. The van der Waals surface area contributed by atoms with Gasteiger partial charge in [0, 0.05) is 25.1 Å². The van der Waals surface area contributed by atoms with Gasteiger partial charge in [0.05, 0.1) is 6.61 Å². The zero-order valence-electron chi connectivity index (χ0n) is 11.9.